The highest BCUT2D eigenvalue weighted by atomic mass is 32.2. The van der Waals surface area contributed by atoms with Crippen molar-refractivity contribution >= 4 is 11.8 Å². The SMILES string of the molecule is Cc1cc(CNCC2CCCS2)n(C)n1. The number of hydrogen-bond donors (Lipinski definition) is 1. The van der Waals surface area contributed by atoms with Gasteiger partial charge in [0.2, 0.25) is 0 Å². The molecule has 1 unspecified atom stereocenters. The lowest BCUT2D eigenvalue weighted by Crippen LogP contribution is -2.23. The number of nitrogens with one attached hydrogen (secondary N) is 1. The molecule has 0 saturated carbocycles. The number of thioether (sulfide) groups is 1. The van der Waals surface area contributed by atoms with Gasteiger partial charge in [-0.2, -0.15) is 16.9 Å². The van der Waals surface area contributed by atoms with Gasteiger partial charge in [0.05, 0.1) is 11.4 Å². The Kier molecular flexibility index (Phi) is 3.70. The van der Waals surface area contributed by atoms with Crippen LogP contribution in [0.5, 0.6) is 0 Å². The largest absolute Gasteiger partial charge is 0.310 e. The Balaban J connectivity index is 1.75. The Labute approximate surface area is 95.6 Å². The van der Waals surface area contributed by atoms with E-state index in [-0.39, 0.29) is 0 Å². The van der Waals surface area contributed by atoms with Crippen LogP contribution in [0.1, 0.15) is 24.2 Å². The zero-order valence-electron chi connectivity index (χ0n) is 9.49. The number of rotatable bonds is 4. The Bertz CT molecular complexity index is 316. The first-order chi connectivity index (χ1) is 7.25. The molecule has 1 aromatic rings. The van der Waals surface area contributed by atoms with Crippen molar-refractivity contribution in [3.05, 3.63) is 17.5 Å². The Morgan fingerprint density at radius 3 is 3.13 bits per heavy atom. The molecule has 1 N–H and O–H groups in total. The summed E-state index contributed by atoms with van der Waals surface area (Å²) in [7, 11) is 2.01. The van der Waals surface area contributed by atoms with Crippen molar-refractivity contribution in [2.45, 2.75) is 31.6 Å². The number of aromatic nitrogens is 2. The molecular weight excluding hydrogens is 206 g/mol. The van der Waals surface area contributed by atoms with Crippen LogP contribution in [0.2, 0.25) is 0 Å². The maximum atomic E-state index is 4.33. The van der Waals surface area contributed by atoms with E-state index < -0.39 is 0 Å². The number of nitrogens with zero attached hydrogens (tertiary/aromatic N) is 2. The standard InChI is InChI=1S/C11H19N3S/c1-9-6-10(14(2)13-9)7-12-8-11-4-3-5-15-11/h6,11-12H,3-5,7-8H2,1-2H3. The van der Waals surface area contributed by atoms with E-state index in [4.69, 9.17) is 0 Å². The summed E-state index contributed by atoms with van der Waals surface area (Å²) < 4.78 is 1.96. The highest BCUT2D eigenvalue weighted by molar-refractivity contribution is 8.00. The second-order valence-corrected chi connectivity index (χ2v) is 5.57. The fraction of sp³-hybridized carbons (Fsp3) is 0.727. The fourth-order valence-electron chi connectivity index (χ4n) is 2.00. The van der Waals surface area contributed by atoms with E-state index in [0.717, 1.165) is 24.0 Å². The van der Waals surface area contributed by atoms with Gasteiger partial charge in [0.15, 0.2) is 0 Å². The van der Waals surface area contributed by atoms with Crippen molar-refractivity contribution < 1.29 is 0 Å². The second-order valence-electron chi connectivity index (χ2n) is 4.17. The first-order valence-corrected chi connectivity index (χ1v) is 6.62. The maximum absolute atomic E-state index is 4.33. The Morgan fingerprint density at radius 2 is 2.53 bits per heavy atom. The lowest BCUT2D eigenvalue weighted by atomic mass is 10.2. The van der Waals surface area contributed by atoms with Crippen LogP contribution >= 0.6 is 11.8 Å². The quantitative estimate of drug-likeness (QED) is 0.846. The smallest absolute Gasteiger partial charge is 0.0597 e. The van der Waals surface area contributed by atoms with Crippen LogP contribution in [0.25, 0.3) is 0 Å². The molecule has 2 heterocycles. The summed E-state index contributed by atoms with van der Waals surface area (Å²) in [6.07, 6.45) is 2.77. The van der Waals surface area contributed by atoms with Crippen LogP contribution in [-0.4, -0.2) is 27.3 Å². The molecule has 0 amide bonds. The number of hydrogen-bond acceptors (Lipinski definition) is 3. The fourth-order valence-corrected chi connectivity index (χ4v) is 3.23. The van der Waals surface area contributed by atoms with Gasteiger partial charge in [0.1, 0.15) is 0 Å². The van der Waals surface area contributed by atoms with Gasteiger partial charge in [-0.25, -0.2) is 0 Å². The van der Waals surface area contributed by atoms with Gasteiger partial charge in [-0.05, 0) is 31.6 Å². The lowest BCUT2D eigenvalue weighted by molar-refractivity contribution is 0.605. The third kappa shape index (κ3) is 2.98. The Hall–Kier alpha value is -0.480. The monoisotopic (exact) mass is 225 g/mol. The maximum Gasteiger partial charge on any atom is 0.0597 e. The van der Waals surface area contributed by atoms with Crippen LogP contribution in [0.4, 0.5) is 0 Å². The normalized spacial score (nSPS) is 21.1. The second kappa shape index (κ2) is 5.03. The summed E-state index contributed by atoms with van der Waals surface area (Å²) in [5.41, 5.74) is 2.38. The highest BCUT2D eigenvalue weighted by Crippen LogP contribution is 2.25. The molecule has 84 valence electrons. The predicted molar refractivity (Wildman–Crippen MR) is 65.1 cm³/mol. The van der Waals surface area contributed by atoms with Crippen LogP contribution in [-0.2, 0) is 13.6 Å². The zero-order chi connectivity index (χ0) is 10.7. The zero-order valence-corrected chi connectivity index (χ0v) is 10.3. The molecule has 0 aliphatic carbocycles. The molecule has 1 saturated heterocycles. The molecule has 1 aromatic heterocycles. The van der Waals surface area contributed by atoms with Crippen molar-refractivity contribution in [1.29, 1.82) is 0 Å². The van der Waals surface area contributed by atoms with E-state index >= 15 is 0 Å². The van der Waals surface area contributed by atoms with Crippen molar-refractivity contribution in [2.75, 3.05) is 12.3 Å². The van der Waals surface area contributed by atoms with Crippen molar-refractivity contribution in [2.24, 2.45) is 7.05 Å². The van der Waals surface area contributed by atoms with Gasteiger partial charge in [-0.1, -0.05) is 0 Å². The summed E-state index contributed by atoms with van der Waals surface area (Å²) >= 11 is 2.10. The summed E-state index contributed by atoms with van der Waals surface area (Å²) in [6, 6.07) is 2.15. The lowest BCUT2D eigenvalue weighted by Gasteiger charge is -2.09. The summed E-state index contributed by atoms with van der Waals surface area (Å²) in [5, 5.41) is 8.68. The molecule has 0 aromatic carbocycles. The highest BCUT2D eigenvalue weighted by Gasteiger charge is 2.14. The molecule has 0 spiro atoms. The van der Waals surface area contributed by atoms with Crippen LogP contribution in [0.15, 0.2) is 6.07 Å². The molecule has 0 radical (unpaired) electrons. The molecule has 1 fully saturated rings. The topological polar surface area (TPSA) is 29.9 Å². The molecule has 4 heteroatoms. The van der Waals surface area contributed by atoms with E-state index in [0.29, 0.717) is 0 Å². The minimum atomic E-state index is 0.833. The molecule has 15 heavy (non-hydrogen) atoms. The van der Waals surface area contributed by atoms with Gasteiger partial charge in [-0.15, -0.1) is 0 Å². The predicted octanol–water partition coefficient (Wildman–Crippen LogP) is 1.71. The molecule has 1 aliphatic heterocycles. The third-order valence-corrected chi connectivity index (χ3v) is 4.20. The van der Waals surface area contributed by atoms with Crippen LogP contribution in [0.3, 0.4) is 0 Å². The van der Waals surface area contributed by atoms with Crippen LogP contribution < -0.4 is 5.32 Å². The van der Waals surface area contributed by atoms with E-state index in [9.17, 15) is 0 Å². The van der Waals surface area contributed by atoms with Gasteiger partial charge in [-0.3, -0.25) is 4.68 Å². The molecule has 1 atom stereocenters. The molecule has 3 nitrogen and oxygen atoms in total. The van der Waals surface area contributed by atoms with Crippen molar-refractivity contribution in [1.82, 2.24) is 15.1 Å². The van der Waals surface area contributed by atoms with E-state index in [1.54, 1.807) is 0 Å². The molecule has 1 aliphatic rings. The van der Waals surface area contributed by atoms with Crippen molar-refractivity contribution in [3.63, 3.8) is 0 Å². The van der Waals surface area contributed by atoms with Gasteiger partial charge >= 0.3 is 0 Å². The number of aryl methyl sites for hydroxylation is 2. The first kappa shape index (κ1) is 11.0. The first-order valence-electron chi connectivity index (χ1n) is 5.57. The summed E-state index contributed by atoms with van der Waals surface area (Å²) in [6.45, 7) is 4.11. The molecular formula is C11H19N3S. The summed E-state index contributed by atoms with van der Waals surface area (Å²) in [5.74, 6) is 1.34. The minimum absolute atomic E-state index is 0.833. The third-order valence-electron chi connectivity index (χ3n) is 2.80. The van der Waals surface area contributed by atoms with Gasteiger partial charge < -0.3 is 5.32 Å². The average molecular weight is 225 g/mol. The molecule has 2 rings (SSSR count). The molecule has 0 bridgehead atoms. The van der Waals surface area contributed by atoms with Crippen molar-refractivity contribution in [3.8, 4) is 0 Å². The Morgan fingerprint density at radius 1 is 1.67 bits per heavy atom. The van der Waals surface area contributed by atoms with Crippen LogP contribution in [0, 0.1) is 6.92 Å². The minimum Gasteiger partial charge on any atom is -0.310 e. The van der Waals surface area contributed by atoms with E-state index in [1.165, 1.54) is 24.3 Å². The van der Waals surface area contributed by atoms with Gasteiger partial charge in [0.25, 0.3) is 0 Å². The van der Waals surface area contributed by atoms with Gasteiger partial charge in [0, 0.05) is 25.4 Å². The van der Waals surface area contributed by atoms with E-state index in [2.05, 4.69) is 28.2 Å². The summed E-state index contributed by atoms with van der Waals surface area (Å²) in [4.78, 5) is 0. The van der Waals surface area contributed by atoms with E-state index in [1.807, 2.05) is 18.7 Å². The average Bonchev–Trinajstić information content (AvgIpc) is 2.77.